The number of fused-ring (bicyclic) bond motifs is 2. The number of aryl methyl sites for hydroxylation is 1. The van der Waals surface area contributed by atoms with E-state index in [4.69, 9.17) is 0 Å². The molecule has 0 unspecified atom stereocenters. The summed E-state index contributed by atoms with van der Waals surface area (Å²) >= 11 is 0. The van der Waals surface area contributed by atoms with Gasteiger partial charge < -0.3 is 9.47 Å². The molecule has 5 heteroatoms. The van der Waals surface area contributed by atoms with Crippen molar-refractivity contribution in [3.05, 3.63) is 75.8 Å². The van der Waals surface area contributed by atoms with Crippen LogP contribution in [-0.4, -0.2) is 17.0 Å². The van der Waals surface area contributed by atoms with E-state index >= 15 is 0 Å². The Morgan fingerprint density at radius 3 is 2.80 bits per heavy atom. The van der Waals surface area contributed by atoms with Gasteiger partial charge in [0.1, 0.15) is 12.4 Å². The van der Waals surface area contributed by atoms with E-state index in [1.165, 1.54) is 18.2 Å². The lowest BCUT2D eigenvalue weighted by Gasteiger charge is -2.20. The zero-order chi connectivity index (χ0) is 17.6. The van der Waals surface area contributed by atoms with Gasteiger partial charge in [0.05, 0.1) is 5.52 Å². The number of hydrogen-bond acceptors (Lipinski definition) is 2. The topological polar surface area (TPSA) is 42.3 Å². The van der Waals surface area contributed by atoms with Crippen LogP contribution < -0.4 is 10.3 Å². The number of hydrogen-bond donors (Lipinski definition) is 0. The molecule has 25 heavy (non-hydrogen) atoms. The Kier molecular flexibility index (Phi) is 3.64. The molecule has 0 atom stereocenters. The largest absolute Gasteiger partial charge is 0.333 e. The summed E-state index contributed by atoms with van der Waals surface area (Å²) in [5, 5.41) is 0.292. The normalized spacial score (nSPS) is 13.3. The summed E-state index contributed by atoms with van der Waals surface area (Å²) in [5.41, 5.74) is 2.58. The minimum absolute atomic E-state index is 0.00210. The molecule has 1 aliphatic heterocycles. The van der Waals surface area contributed by atoms with Crippen LogP contribution in [0.1, 0.15) is 11.3 Å². The number of pyridine rings is 1. The van der Waals surface area contributed by atoms with Crippen LogP contribution in [0, 0.1) is 12.7 Å². The molecule has 0 radical (unpaired) electrons. The van der Waals surface area contributed by atoms with Crippen LogP contribution in [0.25, 0.3) is 10.9 Å². The average Bonchev–Trinajstić information content (AvgIpc) is 3.03. The van der Waals surface area contributed by atoms with Gasteiger partial charge >= 0.3 is 0 Å². The zero-order valence-electron chi connectivity index (χ0n) is 13.8. The first-order chi connectivity index (χ1) is 12.1. The molecular weight excluding hydrogens is 319 g/mol. The van der Waals surface area contributed by atoms with Crippen LogP contribution in [-0.2, 0) is 17.8 Å². The molecule has 0 bridgehead atoms. The molecule has 0 saturated carbocycles. The number of para-hydroxylation sites is 2. The third-order valence-electron chi connectivity index (χ3n) is 4.77. The lowest BCUT2D eigenvalue weighted by molar-refractivity contribution is -0.119. The van der Waals surface area contributed by atoms with Crippen LogP contribution in [0.4, 0.5) is 10.1 Å². The van der Waals surface area contributed by atoms with Crippen molar-refractivity contribution in [2.75, 3.05) is 11.4 Å². The van der Waals surface area contributed by atoms with Gasteiger partial charge in [-0.25, -0.2) is 4.39 Å². The maximum Gasteiger partial charge on any atom is 0.246 e. The van der Waals surface area contributed by atoms with Gasteiger partial charge in [0.25, 0.3) is 0 Å². The van der Waals surface area contributed by atoms with E-state index in [0.717, 1.165) is 17.7 Å². The maximum absolute atomic E-state index is 14.4. The summed E-state index contributed by atoms with van der Waals surface area (Å²) in [5.74, 6) is -0.603. The molecule has 0 N–H and O–H groups in total. The minimum Gasteiger partial charge on any atom is -0.333 e. The molecule has 4 rings (SSSR count). The Balaban J connectivity index is 1.77. The summed E-state index contributed by atoms with van der Waals surface area (Å²) in [4.78, 5) is 26.7. The highest BCUT2D eigenvalue weighted by Gasteiger charge is 2.25. The van der Waals surface area contributed by atoms with E-state index in [9.17, 15) is 14.0 Å². The van der Waals surface area contributed by atoms with Crippen molar-refractivity contribution in [2.24, 2.45) is 0 Å². The van der Waals surface area contributed by atoms with Crippen LogP contribution in [0.3, 0.4) is 0 Å². The predicted molar refractivity (Wildman–Crippen MR) is 95.4 cm³/mol. The van der Waals surface area contributed by atoms with Crippen molar-refractivity contribution in [3.8, 4) is 0 Å². The average molecular weight is 336 g/mol. The Bertz CT molecular complexity index is 1060. The zero-order valence-corrected chi connectivity index (χ0v) is 13.8. The maximum atomic E-state index is 14.4. The summed E-state index contributed by atoms with van der Waals surface area (Å²) in [6, 6.07) is 13.7. The quantitative estimate of drug-likeness (QED) is 0.722. The monoisotopic (exact) mass is 336 g/mol. The van der Waals surface area contributed by atoms with Crippen molar-refractivity contribution in [2.45, 2.75) is 19.9 Å². The Hall–Kier alpha value is -2.95. The second-order valence-corrected chi connectivity index (χ2v) is 6.30. The third kappa shape index (κ3) is 2.52. The number of halogens is 1. The predicted octanol–water partition coefficient (Wildman–Crippen LogP) is 3.04. The number of rotatable bonds is 2. The lowest BCUT2D eigenvalue weighted by atomic mass is 10.1. The molecule has 1 amide bonds. The number of amides is 1. The molecule has 126 valence electrons. The molecule has 0 saturated heterocycles. The van der Waals surface area contributed by atoms with Gasteiger partial charge in [0.2, 0.25) is 5.91 Å². The van der Waals surface area contributed by atoms with Crippen molar-refractivity contribution >= 4 is 22.5 Å². The minimum atomic E-state index is -0.493. The summed E-state index contributed by atoms with van der Waals surface area (Å²) in [6.45, 7) is 2.34. The van der Waals surface area contributed by atoms with E-state index in [-0.39, 0.29) is 23.4 Å². The number of carbonyl (C=O) groups is 1. The van der Waals surface area contributed by atoms with Crippen LogP contribution in [0.15, 0.2) is 53.3 Å². The van der Waals surface area contributed by atoms with Crippen molar-refractivity contribution in [1.29, 1.82) is 0 Å². The fourth-order valence-corrected chi connectivity index (χ4v) is 3.53. The molecule has 0 spiro atoms. The Morgan fingerprint density at radius 1 is 1.16 bits per heavy atom. The van der Waals surface area contributed by atoms with Crippen molar-refractivity contribution < 1.29 is 9.18 Å². The number of benzene rings is 2. The summed E-state index contributed by atoms with van der Waals surface area (Å²) in [7, 11) is 0. The highest BCUT2D eigenvalue weighted by molar-refractivity contribution is 5.96. The second-order valence-electron chi connectivity index (χ2n) is 6.30. The van der Waals surface area contributed by atoms with Crippen molar-refractivity contribution in [3.63, 3.8) is 0 Å². The van der Waals surface area contributed by atoms with Crippen molar-refractivity contribution in [1.82, 2.24) is 4.57 Å². The van der Waals surface area contributed by atoms with Gasteiger partial charge in [-0.3, -0.25) is 9.59 Å². The Labute approximate surface area is 144 Å². The van der Waals surface area contributed by atoms with E-state index in [2.05, 4.69) is 0 Å². The smallest absolute Gasteiger partial charge is 0.246 e. The van der Waals surface area contributed by atoms with Gasteiger partial charge in [-0.1, -0.05) is 24.3 Å². The van der Waals surface area contributed by atoms with E-state index in [0.29, 0.717) is 17.6 Å². The van der Waals surface area contributed by atoms with Gasteiger partial charge in [-0.05, 0) is 37.1 Å². The van der Waals surface area contributed by atoms with E-state index in [1.807, 2.05) is 24.3 Å². The van der Waals surface area contributed by atoms with Gasteiger partial charge in [0, 0.05) is 29.4 Å². The number of nitrogens with zero attached hydrogens (tertiary/aromatic N) is 2. The molecule has 1 aliphatic rings. The highest BCUT2D eigenvalue weighted by Crippen LogP contribution is 2.28. The van der Waals surface area contributed by atoms with E-state index in [1.54, 1.807) is 22.5 Å². The third-order valence-corrected chi connectivity index (χ3v) is 4.77. The van der Waals surface area contributed by atoms with Gasteiger partial charge in [0.15, 0.2) is 5.43 Å². The van der Waals surface area contributed by atoms with Gasteiger partial charge in [-0.2, -0.15) is 0 Å². The molecule has 2 heterocycles. The fraction of sp³-hybridized carbons (Fsp3) is 0.200. The standard InChI is InChI=1S/C20H17FN2O2/c1-13-11-18(24)15-6-4-7-16(21)20(15)23(13)12-19(25)22-10-9-14-5-2-3-8-17(14)22/h2-8,11H,9-10,12H2,1H3. The first kappa shape index (κ1) is 15.6. The van der Waals surface area contributed by atoms with Crippen LogP contribution in [0.5, 0.6) is 0 Å². The molecule has 3 aromatic rings. The highest BCUT2D eigenvalue weighted by atomic mass is 19.1. The first-order valence-corrected chi connectivity index (χ1v) is 8.23. The van der Waals surface area contributed by atoms with Crippen LogP contribution in [0.2, 0.25) is 0 Å². The molecular formula is C20H17FN2O2. The molecule has 1 aromatic heterocycles. The summed E-state index contributed by atoms with van der Waals surface area (Å²) in [6.07, 6.45) is 0.820. The van der Waals surface area contributed by atoms with E-state index < -0.39 is 5.82 Å². The van der Waals surface area contributed by atoms with Crippen LogP contribution >= 0.6 is 0 Å². The summed E-state index contributed by atoms with van der Waals surface area (Å²) < 4.78 is 16.0. The molecule has 0 aliphatic carbocycles. The number of aromatic nitrogens is 1. The second kappa shape index (κ2) is 5.84. The first-order valence-electron chi connectivity index (χ1n) is 8.23. The molecule has 2 aromatic carbocycles. The lowest BCUT2D eigenvalue weighted by Crippen LogP contribution is -2.33. The number of carbonyl (C=O) groups excluding carboxylic acids is 1. The molecule has 0 fully saturated rings. The Morgan fingerprint density at radius 2 is 1.96 bits per heavy atom. The fourth-order valence-electron chi connectivity index (χ4n) is 3.53. The number of anilines is 1. The molecule has 4 nitrogen and oxygen atoms in total. The SMILES string of the molecule is Cc1cc(=O)c2cccc(F)c2n1CC(=O)N1CCc2ccccc21. The van der Waals surface area contributed by atoms with Gasteiger partial charge in [-0.15, -0.1) is 0 Å².